The molecular weight excluding hydrogens is 254 g/mol. The molecule has 1 aromatic heterocycles. The molecule has 19 heavy (non-hydrogen) atoms. The first-order valence-corrected chi connectivity index (χ1v) is 7.46. The van der Waals surface area contributed by atoms with E-state index < -0.39 is 0 Å². The molecule has 0 saturated carbocycles. The molecule has 0 aliphatic heterocycles. The van der Waals surface area contributed by atoms with Crippen molar-refractivity contribution in [3.63, 3.8) is 0 Å². The van der Waals surface area contributed by atoms with Gasteiger partial charge in [0.25, 0.3) is 0 Å². The second-order valence-corrected chi connectivity index (χ2v) is 6.03. The summed E-state index contributed by atoms with van der Waals surface area (Å²) in [5.74, 6) is 0.989. The number of hydrogen-bond donors (Lipinski definition) is 1. The topological polar surface area (TPSA) is 35.2 Å². The van der Waals surface area contributed by atoms with E-state index in [1.54, 1.807) is 0 Å². The highest BCUT2D eigenvalue weighted by atomic mass is 32.1. The molecular formula is C16H21NOS. The zero-order valence-electron chi connectivity index (χ0n) is 11.8. The summed E-state index contributed by atoms with van der Waals surface area (Å²) in [5, 5.41) is 0. The number of aryl methyl sites for hydroxylation is 3. The summed E-state index contributed by atoms with van der Waals surface area (Å²) in [7, 11) is 0. The fourth-order valence-corrected chi connectivity index (χ4v) is 3.09. The van der Waals surface area contributed by atoms with Crippen LogP contribution < -0.4 is 10.5 Å². The first-order valence-electron chi connectivity index (χ1n) is 6.64. The smallest absolute Gasteiger partial charge is 0.125 e. The third-order valence-electron chi connectivity index (χ3n) is 3.18. The molecule has 0 unspecified atom stereocenters. The minimum Gasteiger partial charge on any atom is -0.488 e. The fourth-order valence-electron chi connectivity index (χ4n) is 2.22. The van der Waals surface area contributed by atoms with Crippen LogP contribution in [0.3, 0.4) is 0 Å². The summed E-state index contributed by atoms with van der Waals surface area (Å²) >= 11 is 1.83. The Hall–Kier alpha value is -1.32. The number of rotatable bonds is 5. The number of ether oxygens (including phenoxy) is 1. The Morgan fingerprint density at radius 1 is 1.11 bits per heavy atom. The maximum atomic E-state index is 5.98. The summed E-state index contributed by atoms with van der Waals surface area (Å²) in [6.45, 7) is 7.55. The Balaban J connectivity index is 2.11. The van der Waals surface area contributed by atoms with Crippen molar-refractivity contribution in [3.8, 4) is 5.75 Å². The molecule has 0 spiro atoms. The molecule has 1 heterocycles. The molecule has 0 aliphatic rings. The lowest BCUT2D eigenvalue weighted by Crippen LogP contribution is -2.01. The van der Waals surface area contributed by atoms with E-state index in [1.165, 1.54) is 9.75 Å². The van der Waals surface area contributed by atoms with E-state index in [9.17, 15) is 0 Å². The van der Waals surface area contributed by atoms with E-state index in [4.69, 9.17) is 10.5 Å². The van der Waals surface area contributed by atoms with Gasteiger partial charge in [0.1, 0.15) is 12.4 Å². The van der Waals surface area contributed by atoms with E-state index in [1.807, 2.05) is 11.3 Å². The second kappa shape index (κ2) is 6.22. The van der Waals surface area contributed by atoms with Crippen LogP contribution in [0.2, 0.25) is 0 Å². The van der Waals surface area contributed by atoms with Crippen molar-refractivity contribution >= 4 is 11.3 Å². The summed E-state index contributed by atoms with van der Waals surface area (Å²) in [5.41, 5.74) is 9.16. The molecule has 102 valence electrons. The average molecular weight is 275 g/mol. The Kier molecular flexibility index (Phi) is 4.61. The molecule has 3 heteroatoms. The van der Waals surface area contributed by atoms with Crippen LogP contribution in [-0.2, 0) is 19.6 Å². The number of hydrogen-bond acceptors (Lipinski definition) is 3. The van der Waals surface area contributed by atoms with E-state index in [2.05, 4.69) is 45.0 Å². The minimum absolute atomic E-state index is 0.576. The van der Waals surface area contributed by atoms with Gasteiger partial charge in [-0.05, 0) is 49.1 Å². The molecule has 0 bridgehead atoms. The minimum atomic E-state index is 0.576. The van der Waals surface area contributed by atoms with Gasteiger partial charge in [0, 0.05) is 16.3 Å². The second-order valence-electron chi connectivity index (χ2n) is 4.77. The Morgan fingerprint density at radius 2 is 1.74 bits per heavy atom. The normalized spacial score (nSPS) is 10.7. The van der Waals surface area contributed by atoms with Gasteiger partial charge in [-0.25, -0.2) is 0 Å². The number of thiophene rings is 1. The monoisotopic (exact) mass is 275 g/mol. The van der Waals surface area contributed by atoms with Gasteiger partial charge in [0.2, 0.25) is 0 Å². The van der Waals surface area contributed by atoms with Gasteiger partial charge in [0.15, 0.2) is 0 Å². The third-order valence-corrected chi connectivity index (χ3v) is 4.38. The van der Waals surface area contributed by atoms with E-state index in [0.29, 0.717) is 13.2 Å². The highest BCUT2D eigenvalue weighted by molar-refractivity contribution is 7.11. The summed E-state index contributed by atoms with van der Waals surface area (Å²) < 4.78 is 5.98. The standard InChI is InChI=1S/C16H21NOS/c1-4-14-5-6-15(19-14)10-18-16-11(2)7-13(9-17)8-12(16)3/h5-8H,4,9-10,17H2,1-3H3. The third kappa shape index (κ3) is 3.37. The maximum Gasteiger partial charge on any atom is 0.125 e. The first kappa shape index (κ1) is 14.1. The molecule has 1 aromatic carbocycles. The van der Waals surface area contributed by atoms with Crippen LogP contribution in [0.4, 0.5) is 0 Å². The van der Waals surface area contributed by atoms with Crippen molar-refractivity contribution in [1.82, 2.24) is 0 Å². The molecule has 2 aromatic rings. The molecule has 2 N–H and O–H groups in total. The van der Waals surface area contributed by atoms with Crippen LogP contribution >= 0.6 is 11.3 Å². The molecule has 0 fully saturated rings. The zero-order valence-corrected chi connectivity index (χ0v) is 12.6. The van der Waals surface area contributed by atoms with Gasteiger partial charge < -0.3 is 10.5 Å². The highest BCUT2D eigenvalue weighted by Crippen LogP contribution is 2.27. The van der Waals surface area contributed by atoms with Gasteiger partial charge in [-0.2, -0.15) is 0 Å². The van der Waals surface area contributed by atoms with Gasteiger partial charge >= 0.3 is 0 Å². The largest absolute Gasteiger partial charge is 0.488 e. The maximum absolute atomic E-state index is 5.98. The number of nitrogens with two attached hydrogens (primary N) is 1. The molecule has 0 radical (unpaired) electrons. The van der Waals surface area contributed by atoms with Crippen LogP contribution in [0.1, 0.15) is 33.4 Å². The van der Waals surface area contributed by atoms with Crippen molar-refractivity contribution in [1.29, 1.82) is 0 Å². The van der Waals surface area contributed by atoms with Crippen molar-refractivity contribution < 1.29 is 4.74 Å². The lowest BCUT2D eigenvalue weighted by Gasteiger charge is -2.13. The van der Waals surface area contributed by atoms with Crippen molar-refractivity contribution in [2.45, 2.75) is 40.3 Å². The molecule has 0 aliphatic carbocycles. The zero-order chi connectivity index (χ0) is 13.8. The van der Waals surface area contributed by atoms with Crippen LogP contribution in [0, 0.1) is 13.8 Å². The molecule has 0 atom stereocenters. The van der Waals surface area contributed by atoms with E-state index >= 15 is 0 Å². The van der Waals surface area contributed by atoms with Crippen LogP contribution in [0.5, 0.6) is 5.75 Å². The summed E-state index contributed by atoms with van der Waals surface area (Å²) in [6, 6.07) is 8.55. The Morgan fingerprint density at radius 3 is 2.26 bits per heavy atom. The quantitative estimate of drug-likeness (QED) is 0.896. The van der Waals surface area contributed by atoms with Crippen molar-refractivity contribution in [3.05, 3.63) is 50.7 Å². The van der Waals surface area contributed by atoms with Gasteiger partial charge in [-0.3, -0.25) is 0 Å². The van der Waals surface area contributed by atoms with Crippen LogP contribution in [0.25, 0.3) is 0 Å². The average Bonchev–Trinajstić information content (AvgIpc) is 2.85. The summed E-state index contributed by atoms with van der Waals surface area (Å²) in [6.07, 6.45) is 1.09. The Bertz CT molecular complexity index is 537. The van der Waals surface area contributed by atoms with Crippen molar-refractivity contribution in [2.24, 2.45) is 5.73 Å². The van der Waals surface area contributed by atoms with Gasteiger partial charge in [-0.1, -0.05) is 19.1 Å². The molecule has 0 saturated heterocycles. The Labute approximate surface area is 119 Å². The van der Waals surface area contributed by atoms with Crippen molar-refractivity contribution in [2.75, 3.05) is 0 Å². The van der Waals surface area contributed by atoms with E-state index in [-0.39, 0.29) is 0 Å². The summed E-state index contributed by atoms with van der Waals surface area (Å²) in [4.78, 5) is 2.68. The van der Waals surface area contributed by atoms with Crippen LogP contribution in [0.15, 0.2) is 24.3 Å². The number of benzene rings is 1. The molecule has 2 rings (SSSR count). The molecule has 2 nitrogen and oxygen atoms in total. The SMILES string of the molecule is CCc1ccc(COc2c(C)cc(CN)cc2C)s1. The predicted octanol–water partition coefficient (Wildman–Crippen LogP) is 3.97. The lowest BCUT2D eigenvalue weighted by molar-refractivity contribution is 0.305. The predicted molar refractivity (Wildman–Crippen MR) is 81.8 cm³/mol. The first-order chi connectivity index (χ1) is 9.13. The lowest BCUT2D eigenvalue weighted by atomic mass is 10.1. The van der Waals surface area contributed by atoms with Gasteiger partial charge in [-0.15, -0.1) is 11.3 Å². The molecule has 0 amide bonds. The van der Waals surface area contributed by atoms with Gasteiger partial charge in [0.05, 0.1) is 0 Å². The van der Waals surface area contributed by atoms with Crippen LogP contribution in [-0.4, -0.2) is 0 Å². The van der Waals surface area contributed by atoms with E-state index in [0.717, 1.165) is 28.9 Å². The highest BCUT2D eigenvalue weighted by Gasteiger charge is 2.07. The fraction of sp³-hybridized carbons (Fsp3) is 0.375.